The van der Waals surface area contributed by atoms with Crippen molar-refractivity contribution >= 4 is 23.3 Å². The van der Waals surface area contributed by atoms with E-state index < -0.39 is 25.0 Å². The SMILES string of the molecule is Nc1ccccc1N(CC(=O)O)CC(=O)O. The number of benzene rings is 1. The number of aliphatic carboxylic acids is 2. The van der Waals surface area contributed by atoms with Gasteiger partial charge in [-0.1, -0.05) is 12.1 Å². The Hall–Kier alpha value is -2.24. The van der Waals surface area contributed by atoms with Crippen LogP contribution in [0.15, 0.2) is 24.3 Å². The van der Waals surface area contributed by atoms with Crippen LogP contribution >= 0.6 is 0 Å². The first kappa shape index (κ1) is 11.8. The van der Waals surface area contributed by atoms with Crippen molar-refractivity contribution in [3.63, 3.8) is 0 Å². The van der Waals surface area contributed by atoms with Crippen molar-refractivity contribution in [2.24, 2.45) is 0 Å². The summed E-state index contributed by atoms with van der Waals surface area (Å²) < 4.78 is 0. The van der Waals surface area contributed by atoms with Gasteiger partial charge in [0, 0.05) is 0 Å². The molecule has 0 heterocycles. The van der Waals surface area contributed by atoms with Gasteiger partial charge in [-0.25, -0.2) is 0 Å². The molecular weight excluding hydrogens is 212 g/mol. The zero-order valence-electron chi connectivity index (χ0n) is 8.46. The van der Waals surface area contributed by atoms with Crippen molar-refractivity contribution in [3.8, 4) is 0 Å². The molecule has 1 rings (SSSR count). The molecule has 0 aliphatic heterocycles. The minimum Gasteiger partial charge on any atom is -0.480 e. The number of nitrogen functional groups attached to an aromatic ring is 1. The van der Waals surface area contributed by atoms with Gasteiger partial charge in [0.2, 0.25) is 0 Å². The van der Waals surface area contributed by atoms with Crippen LogP contribution in [0.3, 0.4) is 0 Å². The first-order chi connectivity index (χ1) is 7.50. The van der Waals surface area contributed by atoms with Crippen LogP contribution in [0.4, 0.5) is 11.4 Å². The summed E-state index contributed by atoms with van der Waals surface area (Å²) in [5.74, 6) is -2.21. The molecule has 86 valence electrons. The maximum absolute atomic E-state index is 10.6. The average Bonchev–Trinajstić information content (AvgIpc) is 2.15. The Morgan fingerprint density at radius 3 is 2.06 bits per heavy atom. The summed E-state index contributed by atoms with van der Waals surface area (Å²) in [5.41, 5.74) is 6.41. The van der Waals surface area contributed by atoms with Crippen LogP contribution in [0.5, 0.6) is 0 Å². The van der Waals surface area contributed by atoms with E-state index in [4.69, 9.17) is 15.9 Å². The molecule has 6 heteroatoms. The molecule has 0 spiro atoms. The number of carbonyl (C=O) groups is 2. The molecule has 0 aromatic heterocycles. The maximum atomic E-state index is 10.6. The number of rotatable bonds is 5. The Labute approximate surface area is 91.9 Å². The molecule has 0 unspecified atom stereocenters. The summed E-state index contributed by atoms with van der Waals surface area (Å²) in [6, 6.07) is 6.54. The van der Waals surface area contributed by atoms with Gasteiger partial charge in [0.1, 0.15) is 13.1 Å². The molecule has 0 atom stereocenters. The lowest BCUT2D eigenvalue weighted by atomic mass is 10.2. The molecule has 0 aliphatic rings. The van der Waals surface area contributed by atoms with Gasteiger partial charge in [-0.3, -0.25) is 9.59 Å². The molecule has 0 bridgehead atoms. The minimum atomic E-state index is -1.11. The Kier molecular flexibility index (Phi) is 3.71. The molecule has 0 saturated carbocycles. The number of nitrogens with zero attached hydrogens (tertiary/aromatic N) is 1. The molecule has 1 aromatic rings. The minimum absolute atomic E-state index is 0.352. The Morgan fingerprint density at radius 1 is 1.12 bits per heavy atom. The summed E-state index contributed by atoms with van der Waals surface area (Å²) in [7, 11) is 0. The quantitative estimate of drug-likeness (QED) is 0.619. The fourth-order valence-corrected chi connectivity index (χ4v) is 1.33. The van der Waals surface area contributed by atoms with Gasteiger partial charge in [-0.15, -0.1) is 0 Å². The van der Waals surface area contributed by atoms with Crippen LogP contribution in [-0.4, -0.2) is 35.2 Å². The van der Waals surface area contributed by atoms with Gasteiger partial charge < -0.3 is 20.8 Å². The van der Waals surface area contributed by atoms with E-state index in [0.717, 1.165) is 0 Å². The molecule has 0 saturated heterocycles. The van der Waals surface area contributed by atoms with E-state index in [0.29, 0.717) is 11.4 Å². The van der Waals surface area contributed by atoms with Crippen LogP contribution in [-0.2, 0) is 9.59 Å². The summed E-state index contributed by atoms with van der Waals surface area (Å²) in [4.78, 5) is 22.4. The third-order valence-corrected chi connectivity index (χ3v) is 1.93. The van der Waals surface area contributed by atoms with Crippen LogP contribution in [0.25, 0.3) is 0 Å². The monoisotopic (exact) mass is 224 g/mol. The van der Waals surface area contributed by atoms with Crippen molar-refractivity contribution in [2.75, 3.05) is 23.7 Å². The highest BCUT2D eigenvalue weighted by molar-refractivity contribution is 5.82. The van der Waals surface area contributed by atoms with Crippen LogP contribution in [0.1, 0.15) is 0 Å². The Bertz CT molecular complexity index is 390. The van der Waals surface area contributed by atoms with Crippen molar-refractivity contribution in [2.45, 2.75) is 0 Å². The molecule has 16 heavy (non-hydrogen) atoms. The first-order valence-corrected chi connectivity index (χ1v) is 4.53. The van der Waals surface area contributed by atoms with Crippen molar-refractivity contribution in [1.29, 1.82) is 0 Å². The number of carboxylic acids is 2. The third-order valence-electron chi connectivity index (χ3n) is 1.93. The lowest BCUT2D eigenvalue weighted by Gasteiger charge is -2.21. The zero-order chi connectivity index (χ0) is 12.1. The standard InChI is InChI=1S/C10H12N2O4/c11-7-3-1-2-4-8(7)12(5-9(13)14)6-10(15)16/h1-4H,5-6,11H2,(H,13,14)(H,15,16). The molecule has 0 amide bonds. The maximum Gasteiger partial charge on any atom is 0.323 e. The lowest BCUT2D eigenvalue weighted by Crippen LogP contribution is -2.34. The van der Waals surface area contributed by atoms with E-state index in [9.17, 15) is 9.59 Å². The summed E-state index contributed by atoms with van der Waals surface area (Å²) in [6.07, 6.45) is 0. The molecule has 4 N–H and O–H groups in total. The summed E-state index contributed by atoms with van der Waals surface area (Å²) in [6.45, 7) is -0.805. The Morgan fingerprint density at radius 2 is 1.62 bits per heavy atom. The Balaban J connectivity index is 2.96. The predicted octanol–water partition coefficient (Wildman–Crippen LogP) is 0.244. The van der Waals surface area contributed by atoms with Gasteiger partial charge in [0.25, 0.3) is 0 Å². The van der Waals surface area contributed by atoms with Crippen LogP contribution in [0.2, 0.25) is 0 Å². The van der Waals surface area contributed by atoms with E-state index in [1.807, 2.05) is 0 Å². The number of hydrogen-bond acceptors (Lipinski definition) is 4. The second-order valence-corrected chi connectivity index (χ2v) is 3.20. The highest BCUT2D eigenvalue weighted by atomic mass is 16.4. The highest BCUT2D eigenvalue weighted by Crippen LogP contribution is 2.21. The van der Waals surface area contributed by atoms with Crippen molar-refractivity contribution in [1.82, 2.24) is 0 Å². The van der Waals surface area contributed by atoms with E-state index in [1.165, 1.54) is 4.90 Å². The zero-order valence-corrected chi connectivity index (χ0v) is 8.46. The molecule has 0 aliphatic carbocycles. The number of carboxylic acid groups (broad SMARTS) is 2. The van der Waals surface area contributed by atoms with E-state index in [2.05, 4.69) is 0 Å². The molecular formula is C10H12N2O4. The average molecular weight is 224 g/mol. The second kappa shape index (κ2) is 5.01. The molecule has 1 aromatic carbocycles. The predicted molar refractivity (Wildman–Crippen MR) is 58.3 cm³/mol. The van der Waals surface area contributed by atoms with Gasteiger partial charge in [0.15, 0.2) is 0 Å². The van der Waals surface area contributed by atoms with E-state index in [1.54, 1.807) is 24.3 Å². The highest BCUT2D eigenvalue weighted by Gasteiger charge is 2.15. The summed E-state index contributed by atoms with van der Waals surface area (Å²) in [5, 5.41) is 17.3. The van der Waals surface area contributed by atoms with Crippen LogP contribution < -0.4 is 10.6 Å². The fraction of sp³-hybridized carbons (Fsp3) is 0.200. The number of hydrogen-bond donors (Lipinski definition) is 3. The first-order valence-electron chi connectivity index (χ1n) is 4.53. The largest absolute Gasteiger partial charge is 0.480 e. The molecule has 0 radical (unpaired) electrons. The number of anilines is 2. The lowest BCUT2D eigenvalue weighted by molar-refractivity contribution is -0.136. The molecule has 6 nitrogen and oxygen atoms in total. The summed E-state index contributed by atoms with van der Waals surface area (Å²) >= 11 is 0. The molecule has 0 fully saturated rings. The van der Waals surface area contributed by atoms with E-state index in [-0.39, 0.29) is 0 Å². The third kappa shape index (κ3) is 3.16. The number of para-hydroxylation sites is 2. The van der Waals surface area contributed by atoms with Crippen molar-refractivity contribution < 1.29 is 19.8 Å². The normalized spacial score (nSPS) is 9.75. The van der Waals surface area contributed by atoms with Gasteiger partial charge in [-0.05, 0) is 12.1 Å². The van der Waals surface area contributed by atoms with Crippen molar-refractivity contribution in [3.05, 3.63) is 24.3 Å². The van der Waals surface area contributed by atoms with Gasteiger partial charge in [-0.2, -0.15) is 0 Å². The number of nitrogens with two attached hydrogens (primary N) is 1. The smallest absolute Gasteiger partial charge is 0.323 e. The van der Waals surface area contributed by atoms with Crippen LogP contribution in [0, 0.1) is 0 Å². The fourth-order valence-electron chi connectivity index (χ4n) is 1.33. The second-order valence-electron chi connectivity index (χ2n) is 3.20. The van der Waals surface area contributed by atoms with Gasteiger partial charge >= 0.3 is 11.9 Å². The van der Waals surface area contributed by atoms with Gasteiger partial charge in [0.05, 0.1) is 11.4 Å². The van der Waals surface area contributed by atoms with E-state index >= 15 is 0 Å². The topological polar surface area (TPSA) is 104 Å².